The fourth-order valence-corrected chi connectivity index (χ4v) is 4.00. The van der Waals surface area contributed by atoms with Crippen LogP contribution in [0.5, 0.6) is 0 Å². The molecular weight excluding hydrogens is 238 g/mol. The Morgan fingerprint density at radius 1 is 1.37 bits per heavy atom. The number of hydrogen-bond acceptors (Lipinski definition) is 3. The molecule has 3 unspecified atom stereocenters. The van der Waals surface area contributed by atoms with Crippen LogP contribution in [-0.4, -0.2) is 30.5 Å². The molecule has 1 aliphatic heterocycles. The summed E-state index contributed by atoms with van der Waals surface area (Å²) in [5, 5.41) is 0. The van der Waals surface area contributed by atoms with Gasteiger partial charge < -0.3 is 15.2 Å². The van der Waals surface area contributed by atoms with Crippen molar-refractivity contribution in [3.8, 4) is 0 Å². The average Bonchev–Trinajstić information content (AvgIpc) is 2.86. The zero-order valence-corrected chi connectivity index (χ0v) is 12.9. The highest BCUT2D eigenvalue weighted by atomic mass is 16.5. The van der Waals surface area contributed by atoms with E-state index in [9.17, 15) is 0 Å². The first-order chi connectivity index (χ1) is 9.05. The summed E-state index contributed by atoms with van der Waals surface area (Å²) in [6.45, 7) is 8.04. The van der Waals surface area contributed by atoms with E-state index in [1.54, 1.807) is 0 Å². The third-order valence-electron chi connectivity index (χ3n) is 5.43. The molecule has 3 heteroatoms. The maximum atomic E-state index is 6.59. The first-order valence-electron chi connectivity index (χ1n) is 8.09. The van der Waals surface area contributed by atoms with Gasteiger partial charge in [0.1, 0.15) is 0 Å². The molecule has 0 amide bonds. The van der Waals surface area contributed by atoms with Crippen LogP contribution in [0.15, 0.2) is 0 Å². The van der Waals surface area contributed by atoms with Crippen molar-refractivity contribution >= 4 is 0 Å². The zero-order chi connectivity index (χ0) is 13.9. The van der Waals surface area contributed by atoms with E-state index in [4.69, 9.17) is 15.2 Å². The minimum absolute atomic E-state index is 0.124. The standard InChI is InChI=1S/C16H31NO2/c1-4-15(3,18-5-2)14(17)13-8-11-19-16(12-13)9-6-7-10-16/h13-14H,4-12,17H2,1-3H3. The van der Waals surface area contributed by atoms with Crippen LogP contribution >= 0.6 is 0 Å². The molecule has 1 heterocycles. The quantitative estimate of drug-likeness (QED) is 0.833. The van der Waals surface area contributed by atoms with E-state index in [0.717, 1.165) is 32.5 Å². The first-order valence-corrected chi connectivity index (χ1v) is 8.09. The highest BCUT2D eigenvalue weighted by Gasteiger charge is 2.45. The van der Waals surface area contributed by atoms with Gasteiger partial charge in [0.25, 0.3) is 0 Å². The second kappa shape index (κ2) is 6.11. The second-order valence-corrected chi connectivity index (χ2v) is 6.62. The SMILES string of the molecule is CCOC(C)(CC)C(N)C1CCOC2(CCCC2)C1. The summed E-state index contributed by atoms with van der Waals surface area (Å²) >= 11 is 0. The molecule has 0 radical (unpaired) electrons. The van der Waals surface area contributed by atoms with Crippen molar-refractivity contribution in [3.05, 3.63) is 0 Å². The lowest BCUT2D eigenvalue weighted by Crippen LogP contribution is -2.55. The molecule has 2 aliphatic rings. The summed E-state index contributed by atoms with van der Waals surface area (Å²) in [4.78, 5) is 0. The molecule has 1 saturated carbocycles. The molecule has 0 bridgehead atoms. The van der Waals surface area contributed by atoms with Gasteiger partial charge in [-0.3, -0.25) is 0 Å². The Hall–Kier alpha value is -0.120. The average molecular weight is 269 g/mol. The molecule has 0 aromatic carbocycles. The number of hydrogen-bond donors (Lipinski definition) is 1. The van der Waals surface area contributed by atoms with Gasteiger partial charge in [0.15, 0.2) is 0 Å². The van der Waals surface area contributed by atoms with E-state index in [1.165, 1.54) is 25.7 Å². The molecule has 1 spiro atoms. The molecule has 2 N–H and O–H groups in total. The smallest absolute Gasteiger partial charge is 0.0804 e. The summed E-state index contributed by atoms with van der Waals surface area (Å²) < 4.78 is 12.1. The summed E-state index contributed by atoms with van der Waals surface area (Å²) in [6, 6.07) is 0.124. The van der Waals surface area contributed by atoms with Crippen molar-refractivity contribution in [2.45, 2.75) is 83.0 Å². The van der Waals surface area contributed by atoms with Gasteiger partial charge in [0.05, 0.1) is 11.2 Å². The lowest BCUT2D eigenvalue weighted by Gasteiger charge is -2.45. The predicted molar refractivity (Wildman–Crippen MR) is 78.2 cm³/mol. The molecule has 3 nitrogen and oxygen atoms in total. The van der Waals surface area contributed by atoms with Crippen molar-refractivity contribution in [2.75, 3.05) is 13.2 Å². The van der Waals surface area contributed by atoms with Crippen LogP contribution in [0, 0.1) is 5.92 Å². The van der Waals surface area contributed by atoms with Crippen LogP contribution in [0.4, 0.5) is 0 Å². The van der Waals surface area contributed by atoms with Crippen molar-refractivity contribution in [2.24, 2.45) is 11.7 Å². The molecule has 2 rings (SSSR count). The van der Waals surface area contributed by atoms with Gasteiger partial charge >= 0.3 is 0 Å². The van der Waals surface area contributed by atoms with Crippen LogP contribution in [0.25, 0.3) is 0 Å². The minimum Gasteiger partial charge on any atom is -0.375 e. The van der Waals surface area contributed by atoms with E-state index in [1.807, 2.05) is 0 Å². The van der Waals surface area contributed by atoms with E-state index >= 15 is 0 Å². The van der Waals surface area contributed by atoms with Gasteiger partial charge in [-0.05, 0) is 51.9 Å². The third kappa shape index (κ3) is 3.14. The molecule has 1 saturated heterocycles. The molecule has 112 valence electrons. The van der Waals surface area contributed by atoms with E-state index in [0.29, 0.717) is 5.92 Å². The first kappa shape index (κ1) is 15.3. The number of rotatable bonds is 5. The summed E-state index contributed by atoms with van der Waals surface area (Å²) in [5.41, 5.74) is 6.56. The molecule has 3 atom stereocenters. The van der Waals surface area contributed by atoms with Crippen molar-refractivity contribution in [3.63, 3.8) is 0 Å². The number of nitrogens with two attached hydrogens (primary N) is 1. The van der Waals surface area contributed by atoms with Crippen LogP contribution in [0.3, 0.4) is 0 Å². The normalized spacial score (nSPS) is 31.3. The van der Waals surface area contributed by atoms with Crippen molar-refractivity contribution < 1.29 is 9.47 Å². The van der Waals surface area contributed by atoms with E-state index < -0.39 is 0 Å². The Balaban J connectivity index is 2.03. The molecule has 2 fully saturated rings. The number of ether oxygens (including phenoxy) is 2. The Morgan fingerprint density at radius 3 is 2.63 bits per heavy atom. The highest BCUT2D eigenvalue weighted by molar-refractivity contribution is 4.98. The van der Waals surface area contributed by atoms with Gasteiger partial charge in [-0.1, -0.05) is 19.8 Å². The van der Waals surface area contributed by atoms with Crippen LogP contribution in [-0.2, 0) is 9.47 Å². The van der Waals surface area contributed by atoms with Crippen molar-refractivity contribution in [1.29, 1.82) is 0 Å². The minimum atomic E-state index is -0.184. The Labute approximate surface area is 118 Å². The summed E-state index contributed by atoms with van der Waals surface area (Å²) in [7, 11) is 0. The molecule has 0 aromatic heterocycles. The predicted octanol–water partition coefficient (Wildman–Crippen LogP) is 3.26. The second-order valence-electron chi connectivity index (χ2n) is 6.62. The largest absolute Gasteiger partial charge is 0.375 e. The monoisotopic (exact) mass is 269 g/mol. The van der Waals surface area contributed by atoms with Crippen LogP contribution in [0.2, 0.25) is 0 Å². The molecule has 1 aliphatic carbocycles. The Morgan fingerprint density at radius 2 is 2.05 bits per heavy atom. The Kier molecular flexibility index (Phi) is 4.91. The maximum Gasteiger partial charge on any atom is 0.0804 e. The lowest BCUT2D eigenvalue weighted by atomic mass is 9.75. The third-order valence-corrected chi connectivity index (χ3v) is 5.43. The Bertz CT molecular complexity index is 288. The highest BCUT2D eigenvalue weighted by Crippen LogP contribution is 2.44. The lowest BCUT2D eigenvalue weighted by molar-refractivity contribution is -0.121. The zero-order valence-electron chi connectivity index (χ0n) is 12.9. The van der Waals surface area contributed by atoms with Crippen molar-refractivity contribution in [1.82, 2.24) is 0 Å². The molecule has 0 aromatic rings. The van der Waals surface area contributed by atoms with Gasteiger partial charge in [0, 0.05) is 19.3 Å². The van der Waals surface area contributed by atoms with E-state index in [-0.39, 0.29) is 17.2 Å². The fraction of sp³-hybridized carbons (Fsp3) is 1.00. The summed E-state index contributed by atoms with van der Waals surface area (Å²) in [6.07, 6.45) is 8.30. The van der Waals surface area contributed by atoms with Gasteiger partial charge in [-0.2, -0.15) is 0 Å². The van der Waals surface area contributed by atoms with E-state index in [2.05, 4.69) is 20.8 Å². The topological polar surface area (TPSA) is 44.5 Å². The van der Waals surface area contributed by atoms with Gasteiger partial charge in [-0.15, -0.1) is 0 Å². The molecule has 19 heavy (non-hydrogen) atoms. The molecular formula is C16H31NO2. The summed E-state index contributed by atoms with van der Waals surface area (Å²) in [5.74, 6) is 0.545. The maximum absolute atomic E-state index is 6.59. The van der Waals surface area contributed by atoms with Crippen LogP contribution in [0.1, 0.15) is 65.7 Å². The van der Waals surface area contributed by atoms with Gasteiger partial charge in [-0.25, -0.2) is 0 Å². The van der Waals surface area contributed by atoms with Gasteiger partial charge in [0.2, 0.25) is 0 Å². The van der Waals surface area contributed by atoms with Crippen LogP contribution < -0.4 is 5.73 Å². The fourth-order valence-electron chi connectivity index (χ4n) is 4.00.